The van der Waals surface area contributed by atoms with Gasteiger partial charge in [-0.1, -0.05) is 13.0 Å². The molecule has 1 atom stereocenters. The lowest BCUT2D eigenvalue weighted by molar-refractivity contribution is 0.338. The van der Waals surface area contributed by atoms with Gasteiger partial charge in [0.2, 0.25) is 0 Å². The number of ether oxygens (including phenoxy) is 1. The third-order valence-electron chi connectivity index (χ3n) is 2.34. The first-order valence-electron chi connectivity index (χ1n) is 5.25. The molecule has 1 aromatic rings. The zero-order valence-electron chi connectivity index (χ0n) is 9.51. The van der Waals surface area contributed by atoms with Crippen LogP contribution < -0.4 is 10.1 Å². The van der Waals surface area contributed by atoms with E-state index in [1.54, 1.807) is 0 Å². The van der Waals surface area contributed by atoms with Gasteiger partial charge in [-0.15, -0.1) is 0 Å². The van der Waals surface area contributed by atoms with E-state index in [0.717, 1.165) is 16.8 Å². The molecule has 84 valence electrons. The molecule has 1 N–H and O–H groups in total. The molecule has 0 aliphatic carbocycles. The van der Waals surface area contributed by atoms with Gasteiger partial charge in [-0.3, -0.25) is 0 Å². The Bertz CT molecular complexity index is 314. The van der Waals surface area contributed by atoms with E-state index >= 15 is 0 Å². The Morgan fingerprint density at radius 3 is 2.73 bits per heavy atom. The maximum atomic E-state index is 5.47. The molecule has 0 amide bonds. The molecular formula is C12H18BrNO. The van der Waals surface area contributed by atoms with Gasteiger partial charge in [-0.2, -0.15) is 0 Å². The molecule has 0 fully saturated rings. The summed E-state index contributed by atoms with van der Waals surface area (Å²) in [5, 5.41) is 3.18. The summed E-state index contributed by atoms with van der Waals surface area (Å²) in [4.78, 5) is 0. The number of hydrogen-bond donors (Lipinski definition) is 1. The van der Waals surface area contributed by atoms with E-state index in [1.807, 2.05) is 20.0 Å². The summed E-state index contributed by atoms with van der Waals surface area (Å²) >= 11 is 3.52. The lowest BCUT2D eigenvalue weighted by Gasteiger charge is -2.13. The second-order valence-corrected chi connectivity index (χ2v) is 4.44. The minimum atomic E-state index is 0.516. The summed E-state index contributed by atoms with van der Waals surface area (Å²) in [7, 11) is 1.97. The molecule has 1 rings (SSSR count). The van der Waals surface area contributed by atoms with Crippen LogP contribution in [0.25, 0.3) is 0 Å². The second-order valence-electron chi connectivity index (χ2n) is 3.58. The predicted molar refractivity (Wildman–Crippen MR) is 67.7 cm³/mol. The van der Waals surface area contributed by atoms with Crippen molar-refractivity contribution in [3.63, 3.8) is 0 Å². The van der Waals surface area contributed by atoms with Crippen molar-refractivity contribution < 1.29 is 4.74 Å². The normalized spacial score (nSPS) is 12.5. The highest BCUT2D eigenvalue weighted by molar-refractivity contribution is 9.10. The lowest BCUT2D eigenvalue weighted by Crippen LogP contribution is -2.14. The molecule has 0 aromatic heterocycles. The van der Waals surface area contributed by atoms with Gasteiger partial charge in [-0.05, 0) is 53.5 Å². The Morgan fingerprint density at radius 2 is 2.20 bits per heavy atom. The molecule has 0 aliphatic heterocycles. The number of hydrogen-bond acceptors (Lipinski definition) is 2. The van der Waals surface area contributed by atoms with Crippen molar-refractivity contribution in [1.82, 2.24) is 5.32 Å². The van der Waals surface area contributed by atoms with Gasteiger partial charge in [0.1, 0.15) is 5.75 Å². The number of nitrogens with one attached hydrogen (secondary N) is 1. The molecule has 0 saturated carbocycles. The van der Waals surface area contributed by atoms with Crippen molar-refractivity contribution >= 4 is 15.9 Å². The summed E-state index contributed by atoms with van der Waals surface area (Å²) in [6, 6.07) is 6.28. The smallest absolute Gasteiger partial charge is 0.133 e. The van der Waals surface area contributed by atoms with E-state index in [0.29, 0.717) is 12.5 Å². The number of rotatable bonds is 5. The van der Waals surface area contributed by atoms with Crippen LogP contribution in [-0.2, 0) is 0 Å². The standard InChI is InChI=1S/C12H18BrNO/c1-4-15-12-6-5-10(7-11(12)13)9(2)8-14-3/h5-7,9,14H,4,8H2,1-3H3. The summed E-state index contributed by atoms with van der Waals surface area (Å²) in [5.41, 5.74) is 1.32. The minimum absolute atomic E-state index is 0.516. The van der Waals surface area contributed by atoms with Crippen LogP contribution in [-0.4, -0.2) is 20.2 Å². The van der Waals surface area contributed by atoms with Crippen LogP contribution in [0.2, 0.25) is 0 Å². The summed E-state index contributed by atoms with van der Waals surface area (Å²) < 4.78 is 6.50. The van der Waals surface area contributed by atoms with Crippen LogP contribution in [0, 0.1) is 0 Å². The van der Waals surface area contributed by atoms with E-state index < -0.39 is 0 Å². The van der Waals surface area contributed by atoms with Gasteiger partial charge in [-0.25, -0.2) is 0 Å². The summed E-state index contributed by atoms with van der Waals surface area (Å²) in [5.74, 6) is 1.43. The third-order valence-corrected chi connectivity index (χ3v) is 2.95. The van der Waals surface area contributed by atoms with Crippen molar-refractivity contribution in [3.05, 3.63) is 28.2 Å². The molecule has 0 bridgehead atoms. The maximum absolute atomic E-state index is 5.47. The highest BCUT2D eigenvalue weighted by Crippen LogP contribution is 2.28. The van der Waals surface area contributed by atoms with Crippen molar-refractivity contribution in [2.75, 3.05) is 20.2 Å². The number of likely N-dealkylation sites (N-methyl/N-ethyl adjacent to an activating group) is 1. The van der Waals surface area contributed by atoms with E-state index in [-0.39, 0.29) is 0 Å². The van der Waals surface area contributed by atoms with E-state index in [9.17, 15) is 0 Å². The van der Waals surface area contributed by atoms with Crippen LogP contribution >= 0.6 is 15.9 Å². The van der Waals surface area contributed by atoms with Crippen LogP contribution in [0.4, 0.5) is 0 Å². The van der Waals surface area contributed by atoms with Gasteiger partial charge >= 0.3 is 0 Å². The highest BCUT2D eigenvalue weighted by Gasteiger charge is 2.07. The Balaban J connectivity index is 2.81. The molecule has 2 nitrogen and oxygen atoms in total. The van der Waals surface area contributed by atoms with Gasteiger partial charge in [0.05, 0.1) is 11.1 Å². The summed E-state index contributed by atoms with van der Waals surface area (Å²) in [6.07, 6.45) is 0. The van der Waals surface area contributed by atoms with Gasteiger partial charge in [0.15, 0.2) is 0 Å². The van der Waals surface area contributed by atoms with Crippen molar-refractivity contribution in [2.24, 2.45) is 0 Å². The monoisotopic (exact) mass is 271 g/mol. The quantitative estimate of drug-likeness (QED) is 0.889. The molecule has 0 spiro atoms. The molecule has 1 aromatic carbocycles. The fourth-order valence-electron chi connectivity index (χ4n) is 1.52. The molecule has 0 heterocycles. The SMILES string of the molecule is CCOc1ccc(C(C)CNC)cc1Br. The van der Waals surface area contributed by atoms with Crippen molar-refractivity contribution in [1.29, 1.82) is 0 Å². The first kappa shape index (κ1) is 12.5. The Kier molecular flexibility index (Phi) is 5.12. The molecule has 0 aliphatic rings. The van der Waals surface area contributed by atoms with E-state index in [2.05, 4.69) is 40.3 Å². The fraction of sp³-hybridized carbons (Fsp3) is 0.500. The summed E-state index contributed by atoms with van der Waals surface area (Å²) in [6.45, 7) is 5.88. The first-order chi connectivity index (χ1) is 7.19. The molecule has 1 unspecified atom stereocenters. The second kappa shape index (κ2) is 6.13. The van der Waals surface area contributed by atoms with Crippen LogP contribution in [0.15, 0.2) is 22.7 Å². The lowest BCUT2D eigenvalue weighted by atomic mass is 10.0. The van der Waals surface area contributed by atoms with E-state index in [1.165, 1.54) is 5.56 Å². The van der Waals surface area contributed by atoms with Crippen molar-refractivity contribution in [3.8, 4) is 5.75 Å². The van der Waals surface area contributed by atoms with E-state index in [4.69, 9.17) is 4.74 Å². The topological polar surface area (TPSA) is 21.3 Å². The first-order valence-corrected chi connectivity index (χ1v) is 6.05. The zero-order chi connectivity index (χ0) is 11.3. The average Bonchev–Trinajstić information content (AvgIpc) is 2.21. The number of halogens is 1. The average molecular weight is 272 g/mol. The molecule has 15 heavy (non-hydrogen) atoms. The largest absolute Gasteiger partial charge is 0.493 e. The number of benzene rings is 1. The fourth-order valence-corrected chi connectivity index (χ4v) is 2.03. The van der Waals surface area contributed by atoms with Gasteiger partial charge < -0.3 is 10.1 Å². The van der Waals surface area contributed by atoms with Crippen LogP contribution in [0.1, 0.15) is 25.3 Å². The maximum Gasteiger partial charge on any atom is 0.133 e. The van der Waals surface area contributed by atoms with Gasteiger partial charge in [0, 0.05) is 6.54 Å². The Labute approximate surface area is 100 Å². The van der Waals surface area contributed by atoms with Gasteiger partial charge in [0.25, 0.3) is 0 Å². The van der Waals surface area contributed by atoms with Crippen LogP contribution in [0.3, 0.4) is 0 Å². The minimum Gasteiger partial charge on any atom is -0.493 e. The molecule has 0 saturated heterocycles. The highest BCUT2D eigenvalue weighted by atomic mass is 79.9. The molecule has 0 radical (unpaired) electrons. The molecule has 3 heteroatoms. The van der Waals surface area contributed by atoms with Crippen LogP contribution in [0.5, 0.6) is 5.75 Å². The Morgan fingerprint density at radius 1 is 1.47 bits per heavy atom. The predicted octanol–water partition coefficient (Wildman–Crippen LogP) is 3.17. The third kappa shape index (κ3) is 3.50. The zero-order valence-corrected chi connectivity index (χ0v) is 11.1. The molecular weight excluding hydrogens is 254 g/mol. The Hall–Kier alpha value is -0.540. The van der Waals surface area contributed by atoms with Crippen molar-refractivity contribution in [2.45, 2.75) is 19.8 Å².